The van der Waals surface area contributed by atoms with E-state index < -0.39 is 6.04 Å². The first kappa shape index (κ1) is 11.0. The van der Waals surface area contributed by atoms with Crippen molar-refractivity contribution in [1.82, 2.24) is 5.43 Å². The minimum absolute atomic E-state index is 0.313. The lowest BCUT2D eigenvalue weighted by atomic mass is 10.0. The quantitative estimate of drug-likeness (QED) is 0.457. The topological polar surface area (TPSA) is 38.0 Å². The Balaban J connectivity index is 3.03. The largest absolute Gasteiger partial charge is 0.271 e. The van der Waals surface area contributed by atoms with E-state index in [-0.39, 0.29) is 5.82 Å². The molecule has 0 fully saturated rings. The predicted molar refractivity (Wildman–Crippen MR) is 54.9 cm³/mol. The zero-order chi connectivity index (χ0) is 10.6. The molecule has 1 aromatic rings. The van der Waals surface area contributed by atoms with Crippen molar-refractivity contribution in [2.75, 3.05) is 0 Å². The summed E-state index contributed by atoms with van der Waals surface area (Å²) < 4.78 is 13.3. The van der Waals surface area contributed by atoms with Crippen LogP contribution in [0.25, 0.3) is 0 Å². The Morgan fingerprint density at radius 2 is 2.36 bits per heavy atom. The molecule has 1 aromatic carbocycles. The van der Waals surface area contributed by atoms with Crippen molar-refractivity contribution in [2.45, 2.75) is 12.5 Å². The minimum Gasteiger partial charge on any atom is -0.271 e. The number of nitrogens with two attached hydrogens (primary N) is 1. The van der Waals surface area contributed by atoms with Gasteiger partial charge in [-0.2, -0.15) is 0 Å². The summed E-state index contributed by atoms with van der Waals surface area (Å²) in [6, 6.07) is 3.87. The van der Waals surface area contributed by atoms with Gasteiger partial charge in [-0.15, -0.1) is 12.3 Å². The lowest BCUT2D eigenvalue weighted by molar-refractivity contribution is 0.521. The summed E-state index contributed by atoms with van der Waals surface area (Å²) in [5.41, 5.74) is 2.83. The summed E-state index contributed by atoms with van der Waals surface area (Å²) in [4.78, 5) is 0. The molecular weight excluding hydrogens is 203 g/mol. The van der Waals surface area contributed by atoms with Crippen LogP contribution in [0.4, 0.5) is 4.39 Å². The van der Waals surface area contributed by atoms with E-state index in [1.807, 2.05) is 0 Å². The zero-order valence-electron chi connectivity index (χ0n) is 7.43. The molecule has 0 heterocycles. The molecule has 0 spiro atoms. The summed E-state index contributed by atoms with van der Waals surface area (Å²) in [6.07, 6.45) is 5.44. The van der Waals surface area contributed by atoms with Crippen LogP contribution >= 0.6 is 11.6 Å². The normalized spacial score (nSPS) is 12.1. The lowest BCUT2D eigenvalue weighted by Gasteiger charge is -2.14. The van der Waals surface area contributed by atoms with Crippen LogP contribution in [-0.2, 0) is 0 Å². The highest BCUT2D eigenvalue weighted by atomic mass is 35.5. The van der Waals surface area contributed by atoms with Gasteiger partial charge in [0, 0.05) is 17.0 Å². The van der Waals surface area contributed by atoms with Crippen LogP contribution < -0.4 is 11.3 Å². The van der Waals surface area contributed by atoms with Crippen LogP contribution in [0.1, 0.15) is 18.0 Å². The molecule has 1 unspecified atom stereocenters. The van der Waals surface area contributed by atoms with E-state index in [2.05, 4.69) is 11.3 Å². The van der Waals surface area contributed by atoms with Crippen LogP contribution in [0.3, 0.4) is 0 Å². The Morgan fingerprint density at radius 3 is 2.93 bits per heavy atom. The Kier molecular flexibility index (Phi) is 3.90. The summed E-state index contributed by atoms with van der Waals surface area (Å²) in [7, 11) is 0. The van der Waals surface area contributed by atoms with Crippen LogP contribution in [0.2, 0.25) is 5.02 Å². The van der Waals surface area contributed by atoms with Crippen molar-refractivity contribution < 1.29 is 4.39 Å². The van der Waals surface area contributed by atoms with E-state index in [0.29, 0.717) is 17.0 Å². The third kappa shape index (κ3) is 2.46. The highest BCUT2D eigenvalue weighted by Crippen LogP contribution is 2.22. The van der Waals surface area contributed by atoms with E-state index >= 15 is 0 Å². The Hall–Kier alpha value is -1.08. The first-order valence-electron chi connectivity index (χ1n) is 4.03. The van der Waals surface area contributed by atoms with Crippen molar-refractivity contribution >= 4 is 11.6 Å². The van der Waals surface area contributed by atoms with Gasteiger partial charge in [0.05, 0.1) is 6.04 Å². The Bertz CT molecular complexity index is 360. The molecule has 3 N–H and O–H groups in total. The highest BCUT2D eigenvalue weighted by molar-refractivity contribution is 6.30. The fourth-order valence-electron chi connectivity index (χ4n) is 1.16. The standard InChI is InChI=1S/C10H10ClFN2/c1-2-3-10(14-13)8-6-7(11)4-5-9(8)12/h1,4-6,10,14H,3,13H2. The lowest BCUT2D eigenvalue weighted by Crippen LogP contribution is -2.28. The first-order chi connectivity index (χ1) is 6.69. The van der Waals surface area contributed by atoms with Gasteiger partial charge in [0.2, 0.25) is 0 Å². The molecule has 14 heavy (non-hydrogen) atoms. The second-order valence-electron chi connectivity index (χ2n) is 2.79. The van der Waals surface area contributed by atoms with Crippen LogP contribution in [0.15, 0.2) is 18.2 Å². The maximum Gasteiger partial charge on any atom is 0.128 e. The fourth-order valence-corrected chi connectivity index (χ4v) is 1.34. The second-order valence-corrected chi connectivity index (χ2v) is 3.23. The number of terminal acetylenes is 1. The molecule has 0 aliphatic rings. The van der Waals surface area contributed by atoms with Gasteiger partial charge < -0.3 is 0 Å². The van der Waals surface area contributed by atoms with E-state index in [4.69, 9.17) is 23.9 Å². The second kappa shape index (κ2) is 4.97. The monoisotopic (exact) mass is 212 g/mol. The first-order valence-corrected chi connectivity index (χ1v) is 4.41. The smallest absolute Gasteiger partial charge is 0.128 e. The number of benzene rings is 1. The molecule has 1 atom stereocenters. The predicted octanol–water partition coefficient (Wildman–Crippen LogP) is 2.01. The number of rotatable bonds is 3. The zero-order valence-corrected chi connectivity index (χ0v) is 8.18. The van der Waals surface area contributed by atoms with Gasteiger partial charge >= 0.3 is 0 Å². The molecule has 2 nitrogen and oxygen atoms in total. The maximum absolute atomic E-state index is 13.3. The van der Waals surface area contributed by atoms with Crippen molar-refractivity contribution in [3.05, 3.63) is 34.6 Å². The number of hydrogen-bond donors (Lipinski definition) is 2. The van der Waals surface area contributed by atoms with E-state index in [9.17, 15) is 4.39 Å². The Labute approximate surface area is 87.2 Å². The minimum atomic E-state index is -0.404. The number of hydrazine groups is 1. The molecule has 0 bridgehead atoms. The van der Waals surface area contributed by atoms with Gasteiger partial charge in [0.1, 0.15) is 5.82 Å². The highest BCUT2D eigenvalue weighted by Gasteiger charge is 2.13. The maximum atomic E-state index is 13.3. The van der Waals surface area contributed by atoms with E-state index in [0.717, 1.165) is 0 Å². The molecule has 74 valence electrons. The summed E-state index contributed by atoms with van der Waals surface area (Å²) >= 11 is 5.73. The van der Waals surface area contributed by atoms with Crippen LogP contribution in [0, 0.1) is 18.2 Å². The van der Waals surface area contributed by atoms with Crippen LogP contribution in [-0.4, -0.2) is 0 Å². The third-order valence-corrected chi connectivity index (χ3v) is 2.09. The summed E-state index contributed by atoms with van der Waals surface area (Å²) in [6.45, 7) is 0. The average molecular weight is 213 g/mol. The molecule has 0 aliphatic heterocycles. The van der Waals surface area contributed by atoms with Crippen molar-refractivity contribution in [1.29, 1.82) is 0 Å². The molecular formula is C10H10ClFN2. The number of halogens is 2. The molecule has 4 heteroatoms. The van der Waals surface area contributed by atoms with Crippen LogP contribution in [0.5, 0.6) is 0 Å². The van der Waals surface area contributed by atoms with Gasteiger partial charge in [0.15, 0.2) is 0 Å². The molecule has 0 amide bonds. The average Bonchev–Trinajstić information content (AvgIpc) is 2.18. The van der Waals surface area contributed by atoms with Gasteiger partial charge in [-0.3, -0.25) is 11.3 Å². The molecule has 1 rings (SSSR count). The fraction of sp³-hybridized carbons (Fsp3) is 0.200. The van der Waals surface area contributed by atoms with E-state index in [1.165, 1.54) is 18.2 Å². The van der Waals surface area contributed by atoms with Crippen molar-refractivity contribution in [3.8, 4) is 12.3 Å². The van der Waals surface area contributed by atoms with Gasteiger partial charge in [-0.1, -0.05) is 11.6 Å². The molecule has 0 aromatic heterocycles. The molecule has 0 saturated carbocycles. The SMILES string of the molecule is C#CCC(NN)c1cc(Cl)ccc1F. The van der Waals surface area contributed by atoms with Gasteiger partial charge in [-0.25, -0.2) is 4.39 Å². The van der Waals surface area contributed by atoms with Crippen molar-refractivity contribution in [2.24, 2.45) is 5.84 Å². The molecule has 0 radical (unpaired) electrons. The van der Waals surface area contributed by atoms with Gasteiger partial charge in [-0.05, 0) is 18.2 Å². The van der Waals surface area contributed by atoms with Crippen molar-refractivity contribution in [3.63, 3.8) is 0 Å². The molecule has 0 saturated heterocycles. The van der Waals surface area contributed by atoms with Gasteiger partial charge in [0.25, 0.3) is 0 Å². The third-order valence-electron chi connectivity index (χ3n) is 1.86. The summed E-state index contributed by atoms with van der Waals surface area (Å²) in [5.74, 6) is 7.30. The van der Waals surface area contributed by atoms with E-state index in [1.54, 1.807) is 0 Å². The Morgan fingerprint density at radius 1 is 1.64 bits per heavy atom. The molecule has 0 aliphatic carbocycles. The summed E-state index contributed by atoms with van der Waals surface area (Å²) in [5, 5.41) is 0.457. The number of hydrogen-bond acceptors (Lipinski definition) is 2. The number of nitrogens with one attached hydrogen (secondary N) is 1.